The van der Waals surface area contributed by atoms with Crippen molar-refractivity contribution in [1.29, 1.82) is 0 Å². The first-order chi connectivity index (χ1) is 5.67. The number of thioether (sulfide) groups is 1. The molecule has 4 nitrogen and oxygen atoms in total. The number of rotatable bonds is 4. The van der Waals surface area contributed by atoms with Crippen molar-refractivity contribution in [2.75, 3.05) is 19.2 Å². The standard InChI is InChI=1S/C6H8ClNO3S/c1-11-8-5(4(9)3-7)6(10)12-2/h3H2,1-2H3/b8-5-. The molecule has 0 saturated heterocycles. The number of carbonyl (C=O) groups excluding carboxylic acids is 2. The van der Waals surface area contributed by atoms with Crippen molar-refractivity contribution in [3.63, 3.8) is 0 Å². The fourth-order valence-electron chi connectivity index (χ4n) is 0.453. The minimum Gasteiger partial charge on any atom is -0.398 e. The highest BCUT2D eigenvalue weighted by Crippen LogP contribution is 2.00. The number of Topliss-reactive ketones (excluding diaryl/α,β-unsaturated/α-hetero) is 1. The summed E-state index contributed by atoms with van der Waals surface area (Å²) in [5.74, 6) is -0.799. The lowest BCUT2D eigenvalue weighted by Gasteiger charge is -1.97. The Morgan fingerprint density at radius 2 is 2.17 bits per heavy atom. The summed E-state index contributed by atoms with van der Waals surface area (Å²) in [6.45, 7) is 0. The molecule has 0 heterocycles. The van der Waals surface area contributed by atoms with Gasteiger partial charge in [0, 0.05) is 0 Å². The molecule has 0 saturated carbocycles. The molecule has 0 rings (SSSR count). The van der Waals surface area contributed by atoms with Crippen LogP contribution in [0.2, 0.25) is 0 Å². The fraction of sp³-hybridized carbons (Fsp3) is 0.500. The van der Waals surface area contributed by atoms with Crippen molar-refractivity contribution in [3.05, 3.63) is 0 Å². The number of alkyl halides is 1. The summed E-state index contributed by atoms with van der Waals surface area (Å²) in [5, 5.41) is 2.84. The van der Waals surface area contributed by atoms with Crippen LogP contribution >= 0.6 is 23.4 Å². The maximum atomic E-state index is 11.0. The molecule has 0 aromatic rings. The van der Waals surface area contributed by atoms with Crippen molar-refractivity contribution >= 4 is 40.0 Å². The molecule has 0 N–H and O–H groups in total. The lowest BCUT2D eigenvalue weighted by molar-refractivity contribution is -0.112. The molecule has 0 aromatic carbocycles. The van der Waals surface area contributed by atoms with Gasteiger partial charge in [0.05, 0.1) is 5.88 Å². The minimum atomic E-state index is -0.530. The third-order valence-corrected chi connectivity index (χ3v) is 1.75. The lowest BCUT2D eigenvalue weighted by atomic mass is 10.3. The highest BCUT2D eigenvalue weighted by Gasteiger charge is 2.19. The van der Waals surface area contributed by atoms with Crippen LogP contribution in [0, 0.1) is 0 Å². The number of hydrogen-bond donors (Lipinski definition) is 0. The zero-order valence-electron chi connectivity index (χ0n) is 6.67. The highest BCUT2D eigenvalue weighted by atomic mass is 35.5. The SMILES string of the molecule is CO/N=C(/C(=O)CCl)C(=O)SC. The topological polar surface area (TPSA) is 55.7 Å². The molecule has 0 fully saturated rings. The van der Waals surface area contributed by atoms with Gasteiger partial charge in [0.25, 0.3) is 0 Å². The van der Waals surface area contributed by atoms with Crippen LogP contribution in [0.4, 0.5) is 0 Å². The van der Waals surface area contributed by atoms with Crippen LogP contribution in [0.5, 0.6) is 0 Å². The van der Waals surface area contributed by atoms with Gasteiger partial charge in [-0.1, -0.05) is 16.9 Å². The van der Waals surface area contributed by atoms with Crippen molar-refractivity contribution in [1.82, 2.24) is 0 Å². The second kappa shape index (κ2) is 6.02. The Kier molecular flexibility index (Phi) is 5.74. The molecular formula is C6H8ClNO3S. The van der Waals surface area contributed by atoms with E-state index in [0.29, 0.717) is 0 Å². The smallest absolute Gasteiger partial charge is 0.244 e. The predicted octanol–water partition coefficient (Wildman–Crippen LogP) is 0.686. The molecule has 0 aromatic heterocycles. The number of nitrogens with zero attached hydrogens (tertiary/aromatic N) is 1. The third-order valence-electron chi connectivity index (χ3n) is 0.947. The Morgan fingerprint density at radius 3 is 2.50 bits per heavy atom. The van der Waals surface area contributed by atoms with Gasteiger partial charge in [-0.3, -0.25) is 9.59 Å². The Balaban J connectivity index is 4.55. The van der Waals surface area contributed by atoms with Crippen molar-refractivity contribution < 1.29 is 14.4 Å². The van der Waals surface area contributed by atoms with E-state index in [2.05, 4.69) is 9.99 Å². The molecule has 0 radical (unpaired) electrons. The third kappa shape index (κ3) is 3.23. The number of oxime groups is 1. The minimum absolute atomic E-state index is 0.250. The number of ketones is 1. The van der Waals surface area contributed by atoms with E-state index in [9.17, 15) is 9.59 Å². The predicted molar refractivity (Wildman–Crippen MR) is 48.7 cm³/mol. The van der Waals surface area contributed by atoms with Gasteiger partial charge in [-0.05, 0) is 6.26 Å². The summed E-state index contributed by atoms with van der Waals surface area (Å²) in [6, 6.07) is 0. The van der Waals surface area contributed by atoms with Crippen molar-refractivity contribution in [3.8, 4) is 0 Å². The number of halogens is 1. The second-order valence-corrected chi connectivity index (χ2v) is 2.72. The monoisotopic (exact) mass is 209 g/mol. The van der Waals surface area contributed by atoms with Gasteiger partial charge in [0.15, 0.2) is 0 Å². The van der Waals surface area contributed by atoms with Crippen LogP contribution < -0.4 is 0 Å². The maximum Gasteiger partial charge on any atom is 0.244 e. The summed E-state index contributed by atoms with van der Waals surface area (Å²) in [5.41, 5.74) is -0.250. The quantitative estimate of drug-likeness (QED) is 0.296. The van der Waals surface area contributed by atoms with E-state index in [-0.39, 0.29) is 11.6 Å². The summed E-state index contributed by atoms with van der Waals surface area (Å²) in [6.07, 6.45) is 1.55. The van der Waals surface area contributed by atoms with Gasteiger partial charge < -0.3 is 4.84 Å². The molecular weight excluding hydrogens is 202 g/mol. The first-order valence-electron chi connectivity index (χ1n) is 2.96. The summed E-state index contributed by atoms with van der Waals surface area (Å²) in [7, 11) is 1.26. The van der Waals surface area contributed by atoms with Crippen LogP contribution in [-0.2, 0) is 14.4 Å². The first kappa shape index (κ1) is 11.4. The van der Waals surface area contributed by atoms with Crippen LogP contribution in [0.3, 0.4) is 0 Å². The average molecular weight is 210 g/mol. The Morgan fingerprint density at radius 1 is 1.58 bits per heavy atom. The molecule has 0 atom stereocenters. The molecule has 0 aliphatic heterocycles. The van der Waals surface area contributed by atoms with E-state index in [1.54, 1.807) is 6.26 Å². The van der Waals surface area contributed by atoms with Crippen molar-refractivity contribution in [2.45, 2.75) is 0 Å². The molecule has 68 valence electrons. The molecule has 0 aliphatic rings. The Labute approximate surface area is 79.3 Å². The van der Waals surface area contributed by atoms with E-state index in [1.807, 2.05) is 0 Å². The molecule has 0 aliphatic carbocycles. The first-order valence-corrected chi connectivity index (χ1v) is 4.72. The van der Waals surface area contributed by atoms with Crippen LogP contribution in [0.1, 0.15) is 0 Å². The Hall–Kier alpha value is -0.550. The highest BCUT2D eigenvalue weighted by molar-refractivity contribution is 8.15. The van der Waals surface area contributed by atoms with Crippen molar-refractivity contribution in [2.24, 2.45) is 5.16 Å². The van der Waals surface area contributed by atoms with E-state index in [0.717, 1.165) is 11.8 Å². The molecule has 0 spiro atoms. The molecule has 0 bridgehead atoms. The van der Waals surface area contributed by atoms with Gasteiger partial charge >= 0.3 is 0 Å². The van der Waals surface area contributed by atoms with Gasteiger partial charge in [-0.2, -0.15) is 0 Å². The molecule has 0 amide bonds. The van der Waals surface area contributed by atoms with Gasteiger partial charge in [-0.25, -0.2) is 0 Å². The molecule has 0 unspecified atom stereocenters. The van der Waals surface area contributed by atoms with Crippen LogP contribution in [0.25, 0.3) is 0 Å². The molecule has 12 heavy (non-hydrogen) atoms. The number of carbonyl (C=O) groups is 2. The van der Waals surface area contributed by atoms with Gasteiger partial charge in [0.1, 0.15) is 7.11 Å². The van der Waals surface area contributed by atoms with Gasteiger partial charge in [0.2, 0.25) is 16.6 Å². The summed E-state index contributed by atoms with van der Waals surface area (Å²) < 4.78 is 0. The average Bonchev–Trinajstić information content (AvgIpc) is 2.11. The molecule has 6 heteroatoms. The largest absolute Gasteiger partial charge is 0.398 e. The number of hydrogen-bond acceptors (Lipinski definition) is 5. The lowest BCUT2D eigenvalue weighted by Crippen LogP contribution is -2.23. The zero-order chi connectivity index (χ0) is 9.56. The van der Waals surface area contributed by atoms with Gasteiger partial charge in [-0.15, -0.1) is 11.6 Å². The van der Waals surface area contributed by atoms with E-state index < -0.39 is 10.9 Å². The zero-order valence-corrected chi connectivity index (χ0v) is 8.24. The second-order valence-electron chi connectivity index (χ2n) is 1.67. The fourth-order valence-corrected chi connectivity index (χ4v) is 0.924. The maximum absolute atomic E-state index is 11.0. The van der Waals surface area contributed by atoms with Crippen LogP contribution in [0.15, 0.2) is 5.16 Å². The van der Waals surface area contributed by atoms with E-state index in [1.165, 1.54) is 7.11 Å². The normalized spacial score (nSPS) is 11.1. The van der Waals surface area contributed by atoms with Crippen LogP contribution in [-0.4, -0.2) is 35.9 Å². The van der Waals surface area contributed by atoms with E-state index >= 15 is 0 Å². The van der Waals surface area contributed by atoms with E-state index in [4.69, 9.17) is 11.6 Å². The Bertz CT molecular complexity index is 199. The summed E-state index contributed by atoms with van der Waals surface area (Å²) >= 11 is 6.12. The summed E-state index contributed by atoms with van der Waals surface area (Å²) in [4.78, 5) is 26.2.